The van der Waals surface area contributed by atoms with Crippen LogP contribution >= 0.6 is 0 Å². The molecule has 7 heteroatoms. The Bertz CT molecular complexity index is 580. The molecule has 0 fully saturated rings. The molecule has 0 aliphatic rings. The lowest BCUT2D eigenvalue weighted by atomic mass is 10.2. The number of esters is 1. The van der Waals surface area contributed by atoms with E-state index in [9.17, 15) is 14.4 Å². The van der Waals surface area contributed by atoms with Gasteiger partial charge in [-0.25, -0.2) is 4.79 Å². The number of nitrogens with zero attached hydrogens (tertiary/aromatic N) is 1. The highest BCUT2D eigenvalue weighted by molar-refractivity contribution is 5.90. The molecule has 2 amide bonds. The molecule has 0 aliphatic heterocycles. The highest BCUT2D eigenvalue weighted by atomic mass is 16.5. The predicted molar refractivity (Wildman–Crippen MR) is 88.4 cm³/mol. The van der Waals surface area contributed by atoms with Crippen LogP contribution in [0.15, 0.2) is 10.5 Å². The summed E-state index contributed by atoms with van der Waals surface area (Å²) in [6.07, 6.45) is 2.03. The Balaban J connectivity index is 2.44. The quantitative estimate of drug-likeness (QED) is 0.696. The third kappa shape index (κ3) is 6.06. The lowest BCUT2D eigenvalue weighted by molar-refractivity contribution is -0.130. The van der Waals surface area contributed by atoms with Crippen molar-refractivity contribution in [2.45, 2.75) is 46.1 Å². The molecule has 0 atom stereocenters. The van der Waals surface area contributed by atoms with E-state index in [-0.39, 0.29) is 18.4 Å². The molecule has 7 nitrogen and oxygen atoms in total. The highest BCUT2D eigenvalue weighted by Crippen LogP contribution is 2.17. The van der Waals surface area contributed by atoms with E-state index < -0.39 is 5.97 Å². The average Bonchev–Trinajstić information content (AvgIpc) is 2.92. The van der Waals surface area contributed by atoms with Gasteiger partial charge in [0.25, 0.3) is 0 Å². The van der Waals surface area contributed by atoms with E-state index >= 15 is 0 Å². The van der Waals surface area contributed by atoms with E-state index in [1.54, 1.807) is 20.0 Å². The molecule has 1 aromatic rings. The van der Waals surface area contributed by atoms with Crippen molar-refractivity contribution in [3.05, 3.63) is 23.2 Å². The van der Waals surface area contributed by atoms with Crippen LogP contribution in [0.5, 0.6) is 0 Å². The number of furan rings is 1. The number of hydrogen-bond donors (Lipinski definition) is 1. The standard InChI is InChI=1S/C17H26N2O5/c1-5-9-18-15(20)7-6-8-16(21)19(3)11-13-10-14(12(2)24-13)17(22)23-4/h10H,5-9,11H2,1-4H3,(H,18,20). The topological polar surface area (TPSA) is 88.9 Å². The van der Waals surface area contributed by atoms with Crippen LogP contribution in [-0.2, 0) is 20.9 Å². The molecule has 134 valence electrons. The van der Waals surface area contributed by atoms with Gasteiger partial charge in [-0.3, -0.25) is 9.59 Å². The molecule has 0 saturated heterocycles. The van der Waals surface area contributed by atoms with Crippen molar-refractivity contribution in [1.82, 2.24) is 10.2 Å². The molecule has 0 unspecified atom stereocenters. The number of ether oxygens (including phenoxy) is 1. The minimum atomic E-state index is -0.463. The summed E-state index contributed by atoms with van der Waals surface area (Å²) in [4.78, 5) is 36.6. The van der Waals surface area contributed by atoms with E-state index in [0.29, 0.717) is 42.9 Å². The van der Waals surface area contributed by atoms with Crippen LogP contribution < -0.4 is 5.32 Å². The Morgan fingerprint density at radius 3 is 2.62 bits per heavy atom. The first kappa shape index (κ1) is 19.7. The molecule has 24 heavy (non-hydrogen) atoms. The van der Waals surface area contributed by atoms with Crippen molar-refractivity contribution in [3.63, 3.8) is 0 Å². The largest absolute Gasteiger partial charge is 0.465 e. The molecule has 0 bridgehead atoms. The molecule has 1 aromatic heterocycles. The van der Waals surface area contributed by atoms with E-state index in [2.05, 4.69) is 10.1 Å². The number of amides is 2. The van der Waals surface area contributed by atoms with Crippen molar-refractivity contribution in [1.29, 1.82) is 0 Å². The van der Waals surface area contributed by atoms with Crippen molar-refractivity contribution >= 4 is 17.8 Å². The summed E-state index contributed by atoms with van der Waals surface area (Å²) in [7, 11) is 2.97. The zero-order valence-corrected chi connectivity index (χ0v) is 14.8. The van der Waals surface area contributed by atoms with Gasteiger partial charge in [0, 0.05) is 26.4 Å². The summed E-state index contributed by atoms with van der Waals surface area (Å²) in [5.74, 6) is 0.410. The van der Waals surface area contributed by atoms with Gasteiger partial charge < -0.3 is 19.4 Å². The van der Waals surface area contributed by atoms with Crippen LogP contribution in [0.1, 0.15) is 54.5 Å². The van der Waals surface area contributed by atoms with E-state index in [0.717, 1.165) is 6.42 Å². The monoisotopic (exact) mass is 338 g/mol. The van der Waals surface area contributed by atoms with Gasteiger partial charge in [0.05, 0.1) is 13.7 Å². The Labute approximate surface area is 142 Å². The zero-order chi connectivity index (χ0) is 18.1. The smallest absolute Gasteiger partial charge is 0.341 e. The second-order valence-electron chi connectivity index (χ2n) is 5.63. The summed E-state index contributed by atoms with van der Waals surface area (Å²) in [5.41, 5.74) is 0.362. The van der Waals surface area contributed by atoms with Crippen LogP contribution in [0.2, 0.25) is 0 Å². The lowest BCUT2D eigenvalue weighted by Gasteiger charge is -2.15. The minimum absolute atomic E-state index is 0.0308. The van der Waals surface area contributed by atoms with E-state index in [1.807, 2.05) is 6.92 Å². The molecule has 1 heterocycles. The van der Waals surface area contributed by atoms with Gasteiger partial charge in [-0.05, 0) is 25.8 Å². The second kappa shape index (κ2) is 9.75. The van der Waals surface area contributed by atoms with Gasteiger partial charge in [0.2, 0.25) is 11.8 Å². The fourth-order valence-electron chi connectivity index (χ4n) is 2.20. The lowest BCUT2D eigenvalue weighted by Crippen LogP contribution is -2.27. The van der Waals surface area contributed by atoms with Gasteiger partial charge in [-0.2, -0.15) is 0 Å². The molecular weight excluding hydrogens is 312 g/mol. The molecule has 1 N–H and O–H groups in total. The molecular formula is C17H26N2O5. The number of aryl methyl sites for hydroxylation is 1. The fraction of sp³-hybridized carbons (Fsp3) is 0.588. The number of methoxy groups -OCH3 is 1. The fourth-order valence-corrected chi connectivity index (χ4v) is 2.20. The second-order valence-corrected chi connectivity index (χ2v) is 5.63. The first-order valence-corrected chi connectivity index (χ1v) is 8.07. The Morgan fingerprint density at radius 1 is 1.29 bits per heavy atom. The maximum absolute atomic E-state index is 12.1. The van der Waals surface area contributed by atoms with Crippen molar-refractivity contribution in [2.24, 2.45) is 0 Å². The minimum Gasteiger partial charge on any atom is -0.465 e. The number of hydrogen-bond acceptors (Lipinski definition) is 5. The molecule has 0 saturated carbocycles. The maximum atomic E-state index is 12.1. The van der Waals surface area contributed by atoms with Crippen molar-refractivity contribution in [2.75, 3.05) is 20.7 Å². The van der Waals surface area contributed by atoms with Gasteiger partial charge in [0.15, 0.2) is 0 Å². The molecule has 1 rings (SSSR count). The third-order valence-electron chi connectivity index (χ3n) is 3.56. The Hall–Kier alpha value is -2.31. The Kier molecular flexibility index (Phi) is 8.01. The van der Waals surface area contributed by atoms with Crippen LogP contribution in [0, 0.1) is 6.92 Å². The SMILES string of the molecule is CCCNC(=O)CCCC(=O)N(C)Cc1cc(C(=O)OC)c(C)o1. The normalized spacial score (nSPS) is 10.3. The van der Waals surface area contributed by atoms with Crippen molar-refractivity contribution < 1.29 is 23.5 Å². The van der Waals surface area contributed by atoms with Gasteiger partial charge in [-0.1, -0.05) is 6.92 Å². The summed E-state index contributed by atoms with van der Waals surface area (Å²) < 4.78 is 10.2. The summed E-state index contributed by atoms with van der Waals surface area (Å²) >= 11 is 0. The number of carbonyl (C=O) groups is 3. The van der Waals surface area contributed by atoms with E-state index in [1.165, 1.54) is 12.0 Å². The van der Waals surface area contributed by atoms with Crippen LogP contribution in [0.25, 0.3) is 0 Å². The molecule has 0 aromatic carbocycles. The first-order valence-electron chi connectivity index (χ1n) is 8.07. The average molecular weight is 338 g/mol. The number of rotatable bonds is 9. The predicted octanol–water partition coefficient (Wildman–Crippen LogP) is 2.03. The maximum Gasteiger partial charge on any atom is 0.341 e. The van der Waals surface area contributed by atoms with Gasteiger partial charge in [-0.15, -0.1) is 0 Å². The number of nitrogens with one attached hydrogen (secondary N) is 1. The third-order valence-corrected chi connectivity index (χ3v) is 3.56. The van der Waals surface area contributed by atoms with Crippen LogP contribution in [0.3, 0.4) is 0 Å². The van der Waals surface area contributed by atoms with Crippen LogP contribution in [-0.4, -0.2) is 43.4 Å². The molecule has 0 radical (unpaired) electrons. The first-order chi connectivity index (χ1) is 11.4. The van der Waals surface area contributed by atoms with Crippen LogP contribution in [0.4, 0.5) is 0 Å². The number of carbonyl (C=O) groups excluding carboxylic acids is 3. The summed E-state index contributed by atoms with van der Waals surface area (Å²) in [5, 5.41) is 2.78. The summed E-state index contributed by atoms with van der Waals surface area (Å²) in [6, 6.07) is 1.59. The highest BCUT2D eigenvalue weighted by Gasteiger charge is 2.18. The molecule has 0 spiro atoms. The van der Waals surface area contributed by atoms with Crippen molar-refractivity contribution in [3.8, 4) is 0 Å². The zero-order valence-electron chi connectivity index (χ0n) is 14.8. The van der Waals surface area contributed by atoms with E-state index in [4.69, 9.17) is 4.42 Å². The summed E-state index contributed by atoms with van der Waals surface area (Å²) in [6.45, 7) is 4.58. The molecule has 0 aliphatic carbocycles. The Morgan fingerprint density at radius 2 is 2.00 bits per heavy atom. The van der Waals surface area contributed by atoms with Gasteiger partial charge in [0.1, 0.15) is 17.1 Å². The van der Waals surface area contributed by atoms with Gasteiger partial charge >= 0.3 is 5.97 Å².